The van der Waals surface area contributed by atoms with Gasteiger partial charge in [0.05, 0.1) is 0 Å². The molecule has 0 spiro atoms. The molecule has 1 N–H and O–H groups in total. The molecule has 0 unspecified atom stereocenters. The van der Waals surface area contributed by atoms with Gasteiger partial charge in [-0.05, 0) is 61.6 Å². The Bertz CT molecular complexity index is 728. The van der Waals surface area contributed by atoms with E-state index in [-0.39, 0.29) is 5.91 Å². The molecule has 3 nitrogen and oxygen atoms in total. The molecule has 0 bridgehead atoms. The van der Waals surface area contributed by atoms with Crippen LogP contribution in [0.25, 0.3) is 0 Å². The molecule has 128 valence electrons. The zero-order valence-electron chi connectivity index (χ0n) is 14.7. The van der Waals surface area contributed by atoms with Gasteiger partial charge in [0.1, 0.15) is 5.75 Å². The zero-order valence-corrected chi connectivity index (χ0v) is 15.4. The summed E-state index contributed by atoms with van der Waals surface area (Å²) in [6, 6.07) is 11.5. The van der Waals surface area contributed by atoms with E-state index in [0.717, 1.165) is 35.2 Å². The van der Waals surface area contributed by atoms with E-state index in [1.54, 1.807) is 6.92 Å². The second-order valence-electron chi connectivity index (χ2n) is 5.83. The van der Waals surface area contributed by atoms with E-state index in [0.29, 0.717) is 10.8 Å². The van der Waals surface area contributed by atoms with Crippen LogP contribution in [0.15, 0.2) is 36.4 Å². The molecule has 0 aliphatic rings. The highest BCUT2D eigenvalue weighted by atomic mass is 35.5. The SMILES string of the molecule is CCc1ccc(Cl)c(CC)c1NC(=O)[C@@H](C)Oc1cccc(C)c1. The summed E-state index contributed by atoms with van der Waals surface area (Å²) in [5.41, 5.74) is 3.95. The van der Waals surface area contributed by atoms with Crippen molar-refractivity contribution in [2.45, 2.75) is 46.6 Å². The molecule has 0 radical (unpaired) electrons. The summed E-state index contributed by atoms with van der Waals surface area (Å²) in [6.07, 6.45) is 0.989. The summed E-state index contributed by atoms with van der Waals surface area (Å²) < 4.78 is 5.76. The molecule has 0 heterocycles. The molecule has 1 atom stereocenters. The van der Waals surface area contributed by atoms with Gasteiger partial charge in [-0.3, -0.25) is 4.79 Å². The fourth-order valence-corrected chi connectivity index (χ4v) is 2.93. The number of hydrogen-bond acceptors (Lipinski definition) is 2. The Hall–Kier alpha value is -2.00. The lowest BCUT2D eigenvalue weighted by Gasteiger charge is -2.19. The van der Waals surface area contributed by atoms with Crippen LogP contribution in [-0.4, -0.2) is 12.0 Å². The molecule has 0 aliphatic heterocycles. The Labute approximate surface area is 149 Å². The highest BCUT2D eigenvalue weighted by molar-refractivity contribution is 6.32. The molecular formula is C20H24ClNO2. The monoisotopic (exact) mass is 345 g/mol. The van der Waals surface area contributed by atoms with Crippen molar-refractivity contribution >= 4 is 23.2 Å². The minimum atomic E-state index is -0.597. The van der Waals surface area contributed by atoms with Crippen LogP contribution < -0.4 is 10.1 Å². The highest BCUT2D eigenvalue weighted by Gasteiger charge is 2.19. The third-order valence-electron chi connectivity index (χ3n) is 4.00. The number of anilines is 1. The van der Waals surface area contributed by atoms with Crippen LogP contribution in [0.1, 0.15) is 37.5 Å². The molecule has 0 fully saturated rings. The quantitative estimate of drug-likeness (QED) is 0.783. The van der Waals surface area contributed by atoms with Gasteiger partial charge in [0.15, 0.2) is 6.10 Å². The number of aryl methyl sites for hydroxylation is 2. The summed E-state index contributed by atoms with van der Waals surface area (Å²) in [6.45, 7) is 7.83. The van der Waals surface area contributed by atoms with Crippen molar-refractivity contribution in [3.63, 3.8) is 0 Å². The summed E-state index contributed by atoms with van der Waals surface area (Å²) in [5, 5.41) is 3.69. The Kier molecular flexibility index (Phi) is 6.27. The first-order valence-electron chi connectivity index (χ1n) is 8.30. The zero-order chi connectivity index (χ0) is 17.7. The van der Waals surface area contributed by atoms with Crippen molar-refractivity contribution in [2.24, 2.45) is 0 Å². The number of rotatable bonds is 6. The second kappa shape index (κ2) is 8.20. The molecule has 4 heteroatoms. The van der Waals surface area contributed by atoms with Crippen LogP contribution in [0.3, 0.4) is 0 Å². The maximum absolute atomic E-state index is 12.6. The Morgan fingerprint density at radius 1 is 1.21 bits per heavy atom. The molecule has 2 rings (SSSR count). The molecule has 1 amide bonds. The van der Waals surface area contributed by atoms with E-state index in [4.69, 9.17) is 16.3 Å². The molecule has 0 aliphatic carbocycles. The first-order valence-corrected chi connectivity index (χ1v) is 8.68. The lowest BCUT2D eigenvalue weighted by Crippen LogP contribution is -2.31. The second-order valence-corrected chi connectivity index (χ2v) is 6.24. The third kappa shape index (κ3) is 4.30. The number of amides is 1. The van der Waals surface area contributed by atoms with Crippen molar-refractivity contribution < 1.29 is 9.53 Å². The largest absolute Gasteiger partial charge is 0.481 e. The molecule has 24 heavy (non-hydrogen) atoms. The summed E-state index contributed by atoms with van der Waals surface area (Å²) >= 11 is 6.29. The number of carbonyl (C=O) groups is 1. The van der Waals surface area contributed by atoms with Gasteiger partial charge in [0.25, 0.3) is 5.91 Å². The smallest absolute Gasteiger partial charge is 0.265 e. The van der Waals surface area contributed by atoms with Crippen LogP contribution in [0.5, 0.6) is 5.75 Å². The van der Waals surface area contributed by atoms with Gasteiger partial charge in [0, 0.05) is 10.7 Å². The maximum Gasteiger partial charge on any atom is 0.265 e. The van der Waals surface area contributed by atoms with Crippen LogP contribution >= 0.6 is 11.6 Å². The fourth-order valence-electron chi connectivity index (χ4n) is 2.64. The van der Waals surface area contributed by atoms with Crippen molar-refractivity contribution in [3.05, 3.63) is 58.1 Å². The number of halogens is 1. The molecular weight excluding hydrogens is 322 g/mol. The van der Waals surface area contributed by atoms with Crippen molar-refractivity contribution in [2.75, 3.05) is 5.32 Å². The van der Waals surface area contributed by atoms with Crippen molar-refractivity contribution in [1.82, 2.24) is 0 Å². The predicted octanol–water partition coefficient (Wildman–Crippen LogP) is 5.18. The van der Waals surface area contributed by atoms with Crippen molar-refractivity contribution in [1.29, 1.82) is 0 Å². The number of benzene rings is 2. The van der Waals surface area contributed by atoms with Crippen LogP contribution in [0, 0.1) is 6.92 Å². The standard InChI is InChI=1S/C20H24ClNO2/c1-5-15-10-11-18(21)17(6-2)19(15)22-20(23)14(4)24-16-9-7-8-13(3)12-16/h7-12,14H,5-6H2,1-4H3,(H,22,23)/t14-/m1/s1. The van der Waals surface area contributed by atoms with Gasteiger partial charge in [-0.25, -0.2) is 0 Å². The number of carbonyl (C=O) groups excluding carboxylic acids is 1. The van der Waals surface area contributed by atoms with Gasteiger partial charge < -0.3 is 10.1 Å². The lowest BCUT2D eigenvalue weighted by atomic mass is 10.0. The van der Waals surface area contributed by atoms with E-state index in [2.05, 4.69) is 12.2 Å². The lowest BCUT2D eigenvalue weighted by molar-refractivity contribution is -0.122. The normalized spacial score (nSPS) is 11.9. The van der Waals surface area contributed by atoms with Gasteiger partial charge in [-0.15, -0.1) is 0 Å². The Morgan fingerprint density at radius 3 is 2.58 bits per heavy atom. The van der Waals surface area contributed by atoms with E-state index in [1.165, 1.54) is 0 Å². The third-order valence-corrected chi connectivity index (χ3v) is 4.35. The van der Waals surface area contributed by atoms with Gasteiger partial charge in [-0.1, -0.05) is 43.6 Å². The van der Waals surface area contributed by atoms with E-state index in [9.17, 15) is 4.79 Å². The van der Waals surface area contributed by atoms with E-state index in [1.807, 2.05) is 50.2 Å². The Balaban J connectivity index is 2.18. The molecule has 2 aromatic rings. The Morgan fingerprint density at radius 2 is 1.96 bits per heavy atom. The topological polar surface area (TPSA) is 38.3 Å². The summed E-state index contributed by atoms with van der Waals surface area (Å²) in [4.78, 5) is 12.6. The van der Waals surface area contributed by atoms with Crippen LogP contribution in [-0.2, 0) is 17.6 Å². The van der Waals surface area contributed by atoms with E-state index < -0.39 is 6.10 Å². The summed E-state index contributed by atoms with van der Waals surface area (Å²) in [5.74, 6) is 0.512. The molecule has 2 aromatic carbocycles. The number of nitrogens with one attached hydrogen (secondary N) is 1. The van der Waals surface area contributed by atoms with Crippen LogP contribution in [0.2, 0.25) is 5.02 Å². The maximum atomic E-state index is 12.6. The van der Waals surface area contributed by atoms with Gasteiger partial charge >= 0.3 is 0 Å². The first kappa shape index (κ1) is 18.3. The molecule has 0 saturated heterocycles. The van der Waals surface area contributed by atoms with Crippen LogP contribution in [0.4, 0.5) is 5.69 Å². The average molecular weight is 346 g/mol. The average Bonchev–Trinajstić information content (AvgIpc) is 2.55. The van der Waals surface area contributed by atoms with Crippen molar-refractivity contribution in [3.8, 4) is 5.75 Å². The fraction of sp³-hybridized carbons (Fsp3) is 0.350. The number of hydrogen-bond donors (Lipinski definition) is 1. The summed E-state index contributed by atoms with van der Waals surface area (Å²) in [7, 11) is 0. The van der Waals surface area contributed by atoms with Gasteiger partial charge in [0.2, 0.25) is 0 Å². The molecule has 0 aromatic heterocycles. The minimum Gasteiger partial charge on any atom is -0.481 e. The highest BCUT2D eigenvalue weighted by Crippen LogP contribution is 2.29. The van der Waals surface area contributed by atoms with E-state index >= 15 is 0 Å². The molecule has 0 saturated carbocycles. The minimum absolute atomic E-state index is 0.178. The van der Waals surface area contributed by atoms with Gasteiger partial charge in [-0.2, -0.15) is 0 Å². The predicted molar refractivity (Wildman–Crippen MR) is 100 cm³/mol. The number of ether oxygens (including phenoxy) is 1. The first-order chi connectivity index (χ1) is 11.5.